The fourth-order valence-corrected chi connectivity index (χ4v) is 1.97. The van der Waals surface area contributed by atoms with Crippen molar-refractivity contribution in [2.24, 2.45) is 11.8 Å². The molecular weight excluding hydrogens is 114 g/mol. The zero-order valence-electron chi connectivity index (χ0n) is 5.51. The molecule has 2 fully saturated rings. The predicted octanol–water partition coefficient (Wildman–Crippen LogP) is -0.846. The maximum Gasteiger partial charge on any atom is 0.0378 e. The number of rotatable bonds is 1. The maximum atomic E-state index is 5.34. The Morgan fingerprint density at radius 1 is 1.44 bits per heavy atom. The third kappa shape index (κ3) is 0.764. The van der Waals surface area contributed by atoms with Crippen LogP contribution in [0, 0.1) is 5.92 Å². The fourth-order valence-electron chi connectivity index (χ4n) is 1.97. The van der Waals surface area contributed by atoms with Gasteiger partial charge in [0.25, 0.3) is 0 Å². The number of nitrogens with one attached hydrogen (secondary N) is 1. The van der Waals surface area contributed by atoms with E-state index in [4.69, 9.17) is 5.84 Å². The van der Waals surface area contributed by atoms with Crippen molar-refractivity contribution in [2.45, 2.75) is 12.5 Å². The number of piperidine rings is 1. The van der Waals surface area contributed by atoms with Gasteiger partial charge in [0.1, 0.15) is 0 Å². The molecule has 3 atom stereocenters. The van der Waals surface area contributed by atoms with Crippen molar-refractivity contribution in [1.29, 1.82) is 0 Å². The number of nitrogens with zero attached hydrogens (tertiary/aromatic N) is 1. The van der Waals surface area contributed by atoms with E-state index in [0.717, 1.165) is 5.92 Å². The summed E-state index contributed by atoms with van der Waals surface area (Å²) in [5, 5.41) is 0. The van der Waals surface area contributed by atoms with Crippen LogP contribution in [-0.2, 0) is 0 Å². The normalized spacial score (nSPS) is 48.3. The molecule has 0 saturated carbocycles. The third-order valence-corrected chi connectivity index (χ3v) is 2.55. The molecule has 2 heterocycles. The lowest BCUT2D eigenvalue weighted by Crippen LogP contribution is -2.43. The summed E-state index contributed by atoms with van der Waals surface area (Å²) in [6.07, 6.45) is 1.34. The molecule has 52 valence electrons. The van der Waals surface area contributed by atoms with E-state index in [1.807, 2.05) is 0 Å². The summed E-state index contributed by atoms with van der Waals surface area (Å²) in [6.45, 7) is 3.74. The molecule has 0 aliphatic carbocycles. The van der Waals surface area contributed by atoms with Crippen LogP contribution in [0.1, 0.15) is 6.42 Å². The quantitative estimate of drug-likeness (QED) is 0.356. The first kappa shape index (κ1) is 5.65. The minimum Gasteiger partial charge on any atom is -0.301 e. The second-order valence-electron chi connectivity index (χ2n) is 3.08. The van der Waals surface area contributed by atoms with Crippen LogP contribution in [-0.4, -0.2) is 30.6 Å². The van der Waals surface area contributed by atoms with Crippen LogP contribution in [0.5, 0.6) is 0 Å². The summed E-state index contributed by atoms with van der Waals surface area (Å²) in [5.74, 6) is 6.19. The van der Waals surface area contributed by atoms with Crippen molar-refractivity contribution in [3.63, 3.8) is 0 Å². The van der Waals surface area contributed by atoms with Crippen molar-refractivity contribution >= 4 is 0 Å². The van der Waals surface area contributed by atoms with Gasteiger partial charge in [-0.05, 0) is 18.9 Å². The van der Waals surface area contributed by atoms with Gasteiger partial charge in [0.15, 0.2) is 0 Å². The van der Waals surface area contributed by atoms with E-state index in [9.17, 15) is 0 Å². The zero-order valence-corrected chi connectivity index (χ0v) is 5.51. The molecule has 0 spiro atoms. The number of hydrazine groups is 1. The number of hydrogen-bond acceptors (Lipinski definition) is 3. The van der Waals surface area contributed by atoms with Gasteiger partial charge >= 0.3 is 0 Å². The molecule has 3 heteroatoms. The van der Waals surface area contributed by atoms with Gasteiger partial charge in [-0.15, -0.1) is 0 Å². The van der Waals surface area contributed by atoms with Gasteiger partial charge in [-0.25, -0.2) is 0 Å². The van der Waals surface area contributed by atoms with E-state index in [1.165, 1.54) is 26.1 Å². The Hall–Kier alpha value is -0.120. The average Bonchev–Trinajstić information content (AvgIpc) is 2.45. The lowest BCUT2D eigenvalue weighted by Gasteiger charge is -2.20. The highest BCUT2D eigenvalue weighted by molar-refractivity contribution is 4.93. The number of hydrogen-bond donors (Lipinski definition) is 2. The minimum absolute atomic E-state index is 0.582. The Morgan fingerprint density at radius 2 is 2.33 bits per heavy atom. The van der Waals surface area contributed by atoms with Crippen LogP contribution in [0.3, 0.4) is 0 Å². The predicted molar refractivity (Wildman–Crippen MR) is 35.7 cm³/mol. The van der Waals surface area contributed by atoms with Crippen LogP contribution >= 0.6 is 0 Å². The first-order valence-corrected chi connectivity index (χ1v) is 3.58. The molecule has 9 heavy (non-hydrogen) atoms. The monoisotopic (exact) mass is 127 g/mol. The van der Waals surface area contributed by atoms with Crippen molar-refractivity contribution in [3.05, 3.63) is 0 Å². The molecule has 0 amide bonds. The van der Waals surface area contributed by atoms with E-state index in [0.29, 0.717) is 6.04 Å². The summed E-state index contributed by atoms with van der Waals surface area (Å²) in [4.78, 5) is 2.47. The Bertz CT molecular complexity index is 115. The molecule has 0 aromatic heterocycles. The lowest BCUT2D eigenvalue weighted by molar-refractivity contribution is 0.318. The maximum absolute atomic E-state index is 5.34. The van der Waals surface area contributed by atoms with Crippen LogP contribution in [0.4, 0.5) is 0 Å². The molecule has 2 bridgehead atoms. The number of fused-ring (bicyclic) bond motifs is 2. The van der Waals surface area contributed by atoms with E-state index in [2.05, 4.69) is 10.3 Å². The Kier molecular flexibility index (Phi) is 1.22. The van der Waals surface area contributed by atoms with Crippen molar-refractivity contribution in [1.82, 2.24) is 10.3 Å². The summed E-state index contributed by atoms with van der Waals surface area (Å²) < 4.78 is 0. The molecule has 2 aliphatic heterocycles. The standard InChI is InChI=1S/C6H13N3/c7-8-6-4-9-2-1-5(6)3-9/h5-6,8H,1-4,7H2. The molecule has 2 aliphatic rings. The molecule has 2 saturated heterocycles. The van der Waals surface area contributed by atoms with Gasteiger partial charge < -0.3 is 4.90 Å². The van der Waals surface area contributed by atoms with Gasteiger partial charge in [0.2, 0.25) is 0 Å². The highest BCUT2D eigenvalue weighted by atomic mass is 15.3. The second-order valence-corrected chi connectivity index (χ2v) is 3.08. The second kappa shape index (κ2) is 1.94. The van der Waals surface area contributed by atoms with Gasteiger partial charge in [0, 0.05) is 19.1 Å². The first-order valence-electron chi connectivity index (χ1n) is 3.58. The number of nitrogens with two attached hydrogens (primary N) is 1. The Morgan fingerprint density at radius 3 is 2.67 bits per heavy atom. The molecule has 0 aromatic rings. The lowest BCUT2D eigenvalue weighted by atomic mass is 10.0. The molecule has 0 aromatic carbocycles. The summed E-state index contributed by atoms with van der Waals surface area (Å²) in [5.41, 5.74) is 2.85. The smallest absolute Gasteiger partial charge is 0.0378 e. The van der Waals surface area contributed by atoms with Crippen LogP contribution in [0.25, 0.3) is 0 Å². The zero-order chi connectivity index (χ0) is 6.27. The summed E-state index contributed by atoms with van der Waals surface area (Å²) in [6, 6.07) is 0.582. The van der Waals surface area contributed by atoms with Crippen LogP contribution < -0.4 is 11.3 Å². The topological polar surface area (TPSA) is 41.3 Å². The molecule has 3 nitrogen and oxygen atoms in total. The third-order valence-electron chi connectivity index (χ3n) is 2.55. The molecule has 2 rings (SSSR count). The van der Waals surface area contributed by atoms with Gasteiger partial charge in [-0.1, -0.05) is 0 Å². The van der Waals surface area contributed by atoms with Crippen molar-refractivity contribution in [3.8, 4) is 0 Å². The van der Waals surface area contributed by atoms with Gasteiger partial charge in [-0.3, -0.25) is 11.3 Å². The van der Waals surface area contributed by atoms with E-state index >= 15 is 0 Å². The molecule has 3 N–H and O–H groups in total. The van der Waals surface area contributed by atoms with E-state index in [1.54, 1.807) is 0 Å². The fraction of sp³-hybridized carbons (Fsp3) is 1.00. The highest BCUT2D eigenvalue weighted by Gasteiger charge is 2.36. The SMILES string of the molecule is NNC1CN2CCC1C2. The minimum atomic E-state index is 0.582. The molecule has 0 radical (unpaired) electrons. The highest BCUT2D eigenvalue weighted by Crippen LogP contribution is 2.26. The first-order chi connectivity index (χ1) is 4.40. The van der Waals surface area contributed by atoms with Crippen molar-refractivity contribution in [2.75, 3.05) is 19.6 Å². The molecule has 3 unspecified atom stereocenters. The van der Waals surface area contributed by atoms with Gasteiger partial charge in [-0.2, -0.15) is 0 Å². The Balaban J connectivity index is 2.01. The summed E-state index contributed by atoms with van der Waals surface area (Å²) in [7, 11) is 0. The van der Waals surface area contributed by atoms with Crippen molar-refractivity contribution < 1.29 is 0 Å². The van der Waals surface area contributed by atoms with E-state index < -0.39 is 0 Å². The summed E-state index contributed by atoms with van der Waals surface area (Å²) >= 11 is 0. The van der Waals surface area contributed by atoms with Crippen LogP contribution in [0.2, 0.25) is 0 Å². The molecular formula is C6H13N3. The van der Waals surface area contributed by atoms with Gasteiger partial charge in [0.05, 0.1) is 0 Å². The average molecular weight is 127 g/mol. The van der Waals surface area contributed by atoms with Crippen LogP contribution in [0.15, 0.2) is 0 Å². The van der Waals surface area contributed by atoms with E-state index in [-0.39, 0.29) is 0 Å². The largest absolute Gasteiger partial charge is 0.301 e. The Labute approximate surface area is 55.2 Å².